The van der Waals surface area contributed by atoms with Crippen LogP contribution in [0.3, 0.4) is 0 Å². The summed E-state index contributed by atoms with van der Waals surface area (Å²) in [7, 11) is 0. The van der Waals surface area contributed by atoms with E-state index in [9.17, 15) is 9.90 Å². The number of phenols is 1. The van der Waals surface area contributed by atoms with Gasteiger partial charge in [0.25, 0.3) is 0 Å². The fourth-order valence-electron chi connectivity index (χ4n) is 3.60. The van der Waals surface area contributed by atoms with Gasteiger partial charge in [-0.15, -0.1) is 0 Å². The summed E-state index contributed by atoms with van der Waals surface area (Å²) in [5.41, 5.74) is 1.88. The van der Waals surface area contributed by atoms with E-state index in [1.807, 2.05) is 17.0 Å². The van der Waals surface area contributed by atoms with Crippen LogP contribution in [0, 0.1) is 5.92 Å². The van der Waals surface area contributed by atoms with Crippen molar-refractivity contribution in [2.75, 3.05) is 11.4 Å². The summed E-state index contributed by atoms with van der Waals surface area (Å²) < 4.78 is 0. The quantitative estimate of drug-likeness (QED) is 0.794. The summed E-state index contributed by atoms with van der Waals surface area (Å²) in [6, 6.07) is 5.59. The van der Waals surface area contributed by atoms with E-state index < -0.39 is 0 Å². The van der Waals surface area contributed by atoms with Crippen molar-refractivity contribution < 1.29 is 9.90 Å². The predicted octanol–water partition coefficient (Wildman–Crippen LogP) is 3.64. The molecular formula is C17H23NO2. The molecule has 0 atom stereocenters. The topological polar surface area (TPSA) is 40.5 Å². The zero-order valence-electron chi connectivity index (χ0n) is 12.0. The lowest BCUT2D eigenvalue weighted by atomic mass is 9.95. The second-order valence-electron chi connectivity index (χ2n) is 6.07. The molecule has 1 saturated carbocycles. The highest BCUT2D eigenvalue weighted by atomic mass is 16.3. The second-order valence-corrected chi connectivity index (χ2v) is 6.07. The van der Waals surface area contributed by atoms with Crippen molar-refractivity contribution in [3.05, 3.63) is 23.8 Å². The number of amides is 1. The number of carbonyl (C=O) groups excluding carboxylic acids is 1. The van der Waals surface area contributed by atoms with Crippen molar-refractivity contribution in [1.29, 1.82) is 0 Å². The average molecular weight is 273 g/mol. The zero-order valence-corrected chi connectivity index (χ0v) is 12.0. The highest BCUT2D eigenvalue weighted by Crippen LogP contribution is 2.37. The maximum absolute atomic E-state index is 12.8. The second kappa shape index (κ2) is 5.86. The first-order chi connectivity index (χ1) is 9.77. The highest BCUT2D eigenvalue weighted by Gasteiger charge is 2.30. The molecule has 0 spiro atoms. The minimum absolute atomic E-state index is 0.156. The largest absolute Gasteiger partial charge is 0.506 e. The van der Waals surface area contributed by atoms with Gasteiger partial charge in [0.15, 0.2) is 0 Å². The van der Waals surface area contributed by atoms with E-state index in [-0.39, 0.29) is 17.6 Å². The Balaban J connectivity index is 1.86. The molecule has 0 unspecified atom stereocenters. The Kier molecular flexibility index (Phi) is 3.95. The first-order valence-corrected chi connectivity index (χ1v) is 7.89. The van der Waals surface area contributed by atoms with E-state index >= 15 is 0 Å². The van der Waals surface area contributed by atoms with E-state index in [1.54, 1.807) is 6.07 Å². The van der Waals surface area contributed by atoms with Crippen molar-refractivity contribution in [2.45, 2.75) is 51.4 Å². The van der Waals surface area contributed by atoms with Gasteiger partial charge in [-0.05, 0) is 37.3 Å². The summed E-state index contributed by atoms with van der Waals surface area (Å²) in [6.45, 7) is 0.750. The molecule has 0 saturated heterocycles. The minimum atomic E-state index is 0.156. The van der Waals surface area contributed by atoms with Gasteiger partial charge >= 0.3 is 0 Å². The molecule has 1 heterocycles. The lowest BCUT2D eigenvalue weighted by molar-refractivity contribution is -0.122. The fraction of sp³-hybridized carbons (Fsp3) is 0.588. The molecule has 3 nitrogen and oxygen atoms in total. The Morgan fingerprint density at radius 2 is 1.85 bits per heavy atom. The van der Waals surface area contributed by atoms with Gasteiger partial charge in [-0.3, -0.25) is 4.79 Å². The number of benzene rings is 1. The van der Waals surface area contributed by atoms with Crippen LogP contribution >= 0.6 is 0 Å². The van der Waals surface area contributed by atoms with Crippen LogP contribution in [-0.2, 0) is 11.2 Å². The van der Waals surface area contributed by atoms with Crippen LogP contribution in [0.5, 0.6) is 5.75 Å². The molecule has 1 aromatic carbocycles. The van der Waals surface area contributed by atoms with Crippen LogP contribution in [0.25, 0.3) is 0 Å². The first kappa shape index (κ1) is 13.5. The molecule has 1 fully saturated rings. The van der Waals surface area contributed by atoms with Crippen molar-refractivity contribution in [1.82, 2.24) is 0 Å². The number of fused-ring (bicyclic) bond motifs is 1. The van der Waals surface area contributed by atoms with Gasteiger partial charge in [-0.25, -0.2) is 0 Å². The van der Waals surface area contributed by atoms with Crippen molar-refractivity contribution in [3.63, 3.8) is 0 Å². The highest BCUT2D eigenvalue weighted by molar-refractivity contribution is 5.97. The lowest BCUT2D eigenvalue weighted by Gasteiger charge is -2.32. The van der Waals surface area contributed by atoms with Crippen LogP contribution in [-0.4, -0.2) is 17.6 Å². The Hall–Kier alpha value is -1.51. The number of anilines is 1. The minimum Gasteiger partial charge on any atom is -0.506 e. The van der Waals surface area contributed by atoms with Gasteiger partial charge in [0.1, 0.15) is 5.75 Å². The number of phenolic OH excluding ortho intramolecular Hbond substituents is 1. The molecule has 1 amide bonds. The third-order valence-corrected chi connectivity index (χ3v) is 4.67. The van der Waals surface area contributed by atoms with E-state index in [0.717, 1.165) is 56.3 Å². The summed E-state index contributed by atoms with van der Waals surface area (Å²) in [4.78, 5) is 14.7. The normalized spacial score (nSPS) is 20.3. The van der Waals surface area contributed by atoms with Crippen molar-refractivity contribution in [2.24, 2.45) is 5.92 Å². The Morgan fingerprint density at radius 3 is 2.60 bits per heavy atom. The van der Waals surface area contributed by atoms with Crippen molar-refractivity contribution >= 4 is 11.6 Å². The summed E-state index contributed by atoms with van der Waals surface area (Å²) in [5.74, 6) is 0.640. The summed E-state index contributed by atoms with van der Waals surface area (Å²) >= 11 is 0. The van der Waals surface area contributed by atoms with Crippen LogP contribution in [0.15, 0.2) is 18.2 Å². The number of hydrogen-bond acceptors (Lipinski definition) is 2. The molecule has 0 aromatic heterocycles. The van der Waals surface area contributed by atoms with Crippen LogP contribution in [0.2, 0.25) is 0 Å². The molecule has 1 aliphatic heterocycles. The third-order valence-electron chi connectivity index (χ3n) is 4.67. The lowest BCUT2D eigenvalue weighted by Crippen LogP contribution is -2.39. The number of hydrogen-bond donors (Lipinski definition) is 1. The molecule has 20 heavy (non-hydrogen) atoms. The maximum Gasteiger partial charge on any atom is 0.230 e. The monoisotopic (exact) mass is 273 g/mol. The van der Waals surface area contributed by atoms with Crippen LogP contribution in [0.4, 0.5) is 5.69 Å². The standard InChI is InChI=1S/C17H23NO2/c19-15-11-5-9-13-10-6-12-18(16(13)15)17(20)14-7-3-1-2-4-8-14/h5,9,11,14,19H,1-4,6-8,10,12H2. The summed E-state index contributed by atoms with van der Waals surface area (Å²) in [5, 5.41) is 10.1. The Labute approximate surface area is 120 Å². The zero-order chi connectivity index (χ0) is 13.9. The molecule has 3 heteroatoms. The van der Waals surface area contributed by atoms with Gasteiger partial charge in [-0.2, -0.15) is 0 Å². The first-order valence-electron chi connectivity index (χ1n) is 7.89. The smallest absolute Gasteiger partial charge is 0.230 e. The van der Waals surface area contributed by atoms with Gasteiger partial charge < -0.3 is 10.0 Å². The van der Waals surface area contributed by atoms with Crippen molar-refractivity contribution in [3.8, 4) is 5.75 Å². The van der Waals surface area contributed by atoms with Crippen LogP contribution in [0.1, 0.15) is 50.5 Å². The number of rotatable bonds is 1. The number of aromatic hydroxyl groups is 1. The molecule has 1 aromatic rings. The van der Waals surface area contributed by atoms with Gasteiger partial charge in [-0.1, -0.05) is 37.8 Å². The Bertz CT molecular complexity index is 490. The molecule has 3 rings (SSSR count). The molecule has 108 valence electrons. The van der Waals surface area contributed by atoms with Crippen LogP contribution < -0.4 is 4.90 Å². The molecule has 0 radical (unpaired) electrons. The molecule has 2 aliphatic rings. The molecule has 1 N–H and O–H groups in total. The predicted molar refractivity (Wildman–Crippen MR) is 80.0 cm³/mol. The number of aryl methyl sites for hydroxylation is 1. The van der Waals surface area contributed by atoms with Gasteiger partial charge in [0.2, 0.25) is 5.91 Å². The van der Waals surface area contributed by atoms with E-state index in [1.165, 1.54) is 12.8 Å². The van der Waals surface area contributed by atoms with E-state index in [2.05, 4.69) is 0 Å². The molecular weight excluding hydrogens is 250 g/mol. The summed E-state index contributed by atoms with van der Waals surface area (Å²) in [6.07, 6.45) is 8.82. The number of para-hydroxylation sites is 1. The third kappa shape index (κ3) is 2.54. The fourth-order valence-corrected chi connectivity index (χ4v) is 3.60. The van der Waals surface area contributed by atoms with Gasteiger partial charge in [0, 0.05) is 12.5 Å². The molecule has 1 aliphatic carbocycles. The van der Waals surface area contributed by atoms with Gasteiger partial charge in [0.05, 0.1) is 5.69 Å². The average Bonchev–Trinajstić information content (AvgIpc) is 2.75. The SMILES string of the molecule is O=C(C1CCCCCC1)N1CCCc2cccc(O)c21. The van der Waals surface area contributed by atoms with E-state index in [4.69, 9.17) is 0 Å². The molecule has 0 bridgehead atoms. The van der Waals surface area contributed by atoms with E-state index in [0.29, 0.717) is 0 Å². The number of nitrogens with zero attached hydrogens (tertiary/aromatic N) is 1. The Morgan fingerprint density at radius 1 is 1.10 bits per heavy atom. The maximum atomic E-state index is 12.8. The number of carbonyl (C=O) groups is 1.